The maximum Gasteiger partial charge on any atom is 0.416 e. The largest absolute Gasteiger partial charge is 0.504 e. The van der Waals surface area contributed by atoms with Gasteiger partial charge in [0, 0.05) is 0 Å². The van der Waals surface area contributed by atoms with Crippen molar-refractivity contribution in [2.75, 3.05) is 7.11 Å². The van der Waals surface area contributed by atoms with Crippen molar-refractivity contribution in [1.29, 1.82) is 0 Å². The van der Waals surface area contributed by atoms with E-state index in [2.05, 4.69) is 4.74 Å². The van der Waals surface area contributed by atoms with Gasteiger partial charge in [-0.2, -0.15) is 13.2 Å². The average molecular weight is 204 g/mol. The monoisotopic (exact) mass is 204 g/mol. The van der Waals surface area contributed by atoms with Crippen LogP contribution in [0, 0.1) is 0 Å². The maximum absolute atomic E-state index is 12.4. The molecule has 0 aromatic rings. The Kier molecular flexibility index (Phi) is 3.38. The van der Waals surface area contributed by atoms with E-state index >= 15 is 0 Å². The van der Waals surface area contributed by atoms with Crippen molar-refractivity contribution < 1.29 is 17.9 Å². The lowest BCUT2D eigenvalue weighted by molar-refractivity contribution is -0.0894. The zero-order valence-corrected chi connectivity index (χ0v) is 7.77. The van der Waals surface area contributed by atoms with Gasteiger partial charge in [0.05, 0.1) is 18.9 Å². The molecule has 0 aliphatic heterocycles. The highest BCUT2D eigenvalue weighted by molar-refractivity contribution is 5.44. The standard InChI is InChI=1S/C10H11F3O/c1-14-7-6-8-4-2-3-5-9(8)10(11,12)13/h4-7H,2-3H2,1H3/b7-6+. The fourth-order valence-corrected chi connectivity index (χ4v) is 1.27. The third-order valence-electron chi connectivity index (χ3n) is 1.88. The summed E-state index contributed by atoms with van der Waals surface area (Å²) in [7, 11) is 1.40. The molecule has 14 heavy (non-hydrogen) atoms. The van der Waals surface area contributed by atoms with Gasteiger partial charge in [0.2, 0.25) is 0 Å². The predicted octanol–water partition coefficient (Wildman–Crippen LogP) is 3.36. The van der Waals surface area contributed by atoms with Gasteiger partial charge in [0.25, 0.3) is 0 Å². The van der Waals surface area contributed by atoms with Crippen LogP contribution in [-0.4, -0.2) is 13.3 Å². The first kappa shape index (κ1) is 10.9. The van der Waals surface area contributed by atoms with Gasteiger partial charge < -0.3 is 4.74 Å². The zero-order chi connectivity index (χ0) is 10.6. The summed E-state index contributed by atoms with van der Waals surface area (Å²) in [5.41, 5.74) is -0.386. The first-order chi connectivity index (χ1) is 6.55. The van der Waals surface area contributed by atoms with Crippen molar-refractivity contribution in [1.82, 2.24) is 0 Å². The van der Waals surface area contributed by atoms with E-state index in [1.54, 1.807) is 6.08 Å². The number of hydrogen-bond acceptors (Lipinski definition) is 1. The minimum atomic E-state index is -4.27. The molecule has 78 valence electrons. The third-order valence-corrected chi connectivity index (χ3v) is 1.88. The predicted molar refractivity (Wildman–Crippen MR) is 47.6 cm³/mol. The number of ether oxygens (including phenoxy) is 1. The van der Waals surface area contributed by atoms with Crippen LogP contribution in [0.15, 0.2) is 35.6 Å². The first-order valence-electron chi connectivity index (χ1n) is 4.23. The SMILES string of the molecule is CO/C=C/C1=CCCC=C1C(F)(F)F. The van der Waals surface area contributed by atoms with E-state index in [0.717, 1.165) is 0 Å². The van der Waals surface area contributed by atoms with Gasteiger partial charge in [-0.3, -0.25) is 0 Å². The van der Waals surface area contributed by atoms with Gasteiger partial charge in [0.15, 0.2) is 0 Å². The highest BCUT2D eigenvalue weighted by Crippen LogP contribution is 2.34. The molecule has 4 heteroatoms. The highest BCUT2D eigenvalue weighted by Gasteiger charge is 2.35. The van der Waals surface area contributed by atoms with E-state index in [1.165, 1.54) is 25.5 Å². The lowest BCUT2D eigenvalue weighted by Gasteiger charge is -2.16. The molecule has 0 saturated heterocycles. The molecule has 0 aromatic carbocycles. The minimum absolute atomic E-state index is 0.186. The number of allylic oxidation sites excluding steroid dienone is 5. The van der Waals surface area contributed by atoms with Crippen LogP contribution in [0.5, 0.6) is 0 Å². The summed E-state index contributed by atoms with van der Waals surface area (Å²) in [6.07, 6.45) is 2.18. The molecule has 1 rings (SSSR count). The molecule has 1 nitrogen and oxygen atoms in total. The molecule has 1 aliphatic rings. The highest BCUT2D eigenvalue weighted by atomic mass is 19.4. The molecule has 0 fully saturated rings. The van der Waals surface area contributed by atoms with Gasteiger partial charge in [-0.1, -0.05) is 12.2 Å². The van der Waals surface area contributed by atoms with E-state index in [4.69, 9.17) is 0 Å². The van der Waals surface area contributed by atoms with Crippen LogP contribution in [0.3, 0.4) is 0 Å². The summed E-state index contributed by atoms with van der Waals surface area (Å²) in [4.78, 5) is 0. The molecule has 0 spiro atoms. The van der Waals surface area contributed by atoms with E-state index in [-0.39, 0.29) is 5.57 Å². The van der Waals surface area contributed by atoms with E-state index < -0.39 is 11.7 Å². The molecule has 0 amide bonds. The van der Waals surface area contributed by atoms with Crippen molar-refractivity contribution in [2.45, 2.75) is 19.0 Å². The second-order valence-corrected chi connectivity index (χ2v) is 2.89. The smallest absolute Gasteiger partial charge is 0.416 e. The topological polar surface area (TPSA) is 9.23 Å². The van der Waals surface area contributed by atoms with Crippen LogP contribution in [0.1, 0.15) is 12.8 Å². The number of methoxy groups -OCH3 is 1. The summed E-state index contributed by atoms with van der Waals surface area (Å²) in [5, 5.41) is 0. The molecule has 0 unspecified atom stereocenters. The Labute approximate surface area is 80.6 Å². The second kappa shape index (κ2) is 4.35. The molecule has 1 aliphatic carbocycles. The molecular weight excluding hydrogens is 193 g/mol. The van der Waals surface area contributed by atoms with E-state index in [0.29, 0.717) is 12.8 Å². The number of halogens is 3. The summed E-state index contributed by atoms with van der Waals surface area (Å²) in [6.45, 7) is 0. The van der Waals surface area contributed by atoms with Crippen LogP contribution in [0.25, 0.3) is 0 Å². The van der Waals surface area contributed by atoms with Crippen LogP contribution < -0.4 is 0 Å². The van der Waals surface area contributed by atoms with E-state index in [9.17, 15) is 13.2 Å². The third kappa shape index (κ3) is 2.65. The molecule has 0 N–H and O–H groups in total. The number of hydrogen-bond donors (Lipinski definition) is 0. The Morgan fingerprint density at radius 1 is 1.29 bits per heavy atom. The average Bonchev–Trinajstić information content (AvgIpc) is 2.14. The molecule has 0 radical (unpaired) electrons. The van der Waals surface area contributed by atoms with Gasteiger partial charge in [-0.15, -0.1) is 0 Å². The summed E-state index contributed by atoms with van der Waals surface area (Å²) in [6, 6.07) is 0. The lowest BCUT2D eigenvalue weighted by atomic mass is 9.97. The van der Waals surface area contributed by atoms with Gasteiger partial charge in [-0.05, 0) is 24.5 Å². The Morgan fingerprint density at radius 2 is 1.93 bits per heavy atom. The molecule has 0 aromatic heterocycles. The summed E-state index contributed by atoms with van der Waals surface area (Å²) >= 11 is 0. The van der Waals surface area contributed by atoms with Crippen molar-refractivity contribution in [3.63, 3.8) is 0 Å². The first-order valence-corrected chi connectivity index (χ1v) is 4.23. The van der Waals surface area contributed by atoms with Gasteiger partial charge in [-0.25, -0.2) is 0 Å². The molecule has 0 heterocycles. The molecular formula is C10H11F3O. The normalized spacial score (nSPS) is 18.0. The zero-order valence-electron chi connectivity index (χ0n) is 7.77. The van der Waals surface area contributed by atoms with Crippen LogP contribution >= 0.6 is 0 Å². The maximum atomic E-state index is 12.4. The Morgan fingerprint density at radius 3 is 2.50 bits per heavy atom. The quantitative estimate of drug-likeness (QED) is 0.627. The fourth-order valence-electron chi connectivity index (χ4n) is 1.27. The van der Waals surface area contributed by atoms with Crippen molar-refractivity contribution in [2.24, 2.45) is 0 Å². The Hall–Kier alpha value is -1.19. The second-order valence-electron chi connectivity index (χ2n) is 2.89. The summed E-state index contributed by atoms with van der Waals surface area (Å²) in [5.74, 6) is 0. The number of rotatable bonds is 2. The molecule has 0 bridgehead atoms. The minimum Gasteiger partial charge on any atom is -0.504 e. The Balaban J connectivity index is 2.87. The lowest BCUT2D eigenvalue weighted by Crippen LogP contribution is -2.14. The van der Waals surface area contributed by atoms with E-state index in [1.807, 2.05) is 0 Å². The van der Waals surface area contributed by atoms with Crippen LogP contribution in [0.4, 0.5) is 13.2 Å². The van der Waals surface area contributed by atoms with Crippen molar-refractivity contribution >= 4 is 0 Å². The number of alkyl halides is 3. The fraction of sp³-hybridized carbons (Fsp3) is 0.400. The van der Waals surface area contributed by atoms with Crippen molar-refractivity contribution in [3.8, 4) is 0 Å². The summed E-state index contributed by atoms with van der Waals surface area (Å²) < 4.78 is 41.9. The van der Waals surface area contributed by atoms with Gasteiger partial charge >= 0.3 is 6.18 Å². The van der Waals surface area contributed by atoms with Crippen LogP contribution in [0.2, 0.25) is 0 Å². The van der Waals surface area contributed by atoms with Gasteiger partial charge in [0.1, 0.15) is 0 Å². The molecule has 0 atom stereocenters. The van der Waals surface area contributed by atoms with Crippen molar-refractivity contribution in [3.05, 3.63) is 35.6 Å². The van der Waals surface area contributed by atoms with Crippen LogP contribution in [-0.2, 0) is 4.74 Å². The molecule has 0 saturated carbocycles. The Bertz CT molecular complexity index is 284.